The third kappa shape index (κ3) is 4.09. The van der Waals surface area contributed by atoms with Gasteiger partial charge in [-0.1, -0.05) is 20.8 Å². The summed E-state index contributed by atoms with van der Waals surface area (Å²) < 4.78 is 23.7. The quantitative estimate of drug-likeness (QED) is 0.916. The lowest BCUT2D eigenvalue weighted by molar-refractivity contribution is 0.569. The van der Waals surface area contributed by atoms with E-state index in [9.17, 15) is 13.7 Å². The number of pyridine rings is 2. The summed E-state index contributed by atoms with van der Waals surface area (Å²) in [6.45, 7) is 6.27. The van der Waals surface area contributed by atoms with Crippen LogP contribution in [0.25, 0.3) is 0 Å². The third-order valence-electron chi connectivity index (χ3n) is 3.46. The highest BCUT2D eigenvalue weighted by molar-refractivity contribution is 7.90. The van der Waals surface area contributed by atoms with Gasteiger partial charge in [0.2, 0.25) is 0 Å². The Morgan fingerprint density at radius 3 is 2.54 bits per heavy atom. The molecule has 24 heavy (non-hydrogen) atoms. The molecule has 0 aromatic carbocycles. The van der Waals surface area contributed by atoms with Gasteiger partial charge in [-0.2, -0.15) is 5.26 Å². The smallest absolute Gasteiger partial charge is 0.177 e. The van der Waals surface area contributed by atoms with E-state index in [4.69, 9.17) is 0 Å². The number of hydrogen-bond donors (Lipinski definition) is 1. The number of aromatic nitrogens is 2. The van der Waals surface area contributed by atoms with Gasteiger partial charge in [-0.05, 0) is 24.3 Å². The second kappa shape index (κ2) is 6.57. The van der Waals surface area contributed by atoms with Crippen LogP contribution in [0.1, 0.15) is 37.7 Å². The van der Waals surface area contributed by atoms with Crippen LogP contribution in [0.5, 0.6) is 0 Å². The summed E-state index contributed by atoms with van der Waals surface area (Å²) in [6, 6.07) is 8.73. The fourth-order valence-corrected chi connectivity index (χ4v) is 3.04. The highest BCUT2D eigenvalue weighted by Crippen LogP contribution is 2.24. The molecule has 2 rings (SSSR count). The van der Waals surface area contributed by atoms with Crippen molar-refractivity contribution in [1.82, 2.24) is 9.97 Å². The van der Waals surface area contributed by atoms with Crippen molar-refractivity contribution in [3.63, 3.8) is 0 Å². The van der Waals surface area contributed by atoms with Crippen molar-refractivity contribution >= 4 is 15.7 Å². The first-order valence-corrected chi connectivity index (χ1v) is 9.31. The normalized spacial score (nSPS) is 11.8. The molecule has 126 valence electrons. The van der Waals surface area contributed by atoms with Gasteiger partial charge < -0.3 is 5.32 Å². The van der Waals surface area contributed by atoms with Gasteiger partial charge in [-0.15, -0.1) is 0 Å². The van der Waals surface area contributed by atoms with E-state index in [0.29, 0.717) is 17.1 Å². The monoisotopic (exact) mass is 344 g/mol. The van der Waals surface area contributed by atoms with Crippen LogP contribution in [-0.4, -0.2) is 24.6 Å². The fraction of sp³-hybridized carbons (Fsp3) is 0.353. The summed E-state index contributed by atoms with van der Waals surface area (Å²) in [5.74, 6) is 0.426. The van der Waals surface area contributed by atoms with Crippen LogP contribution < -0.4 is 5.32 Å². The van der Waals surface area contributed by atoms with Crippen molar-refractivity contribution in [3.8, 4) is 6.07 Å². The lowest BCUT2D eigenvalue weighted by Gasteiger charge is -2.19. The lowest BCUT2D eigenvalue weighted by atomic mass is 9.91. The number of anilines is 1. The first-order valence-electron chi connectivity index (χ1n) is 7.42. The lowest BCUT2D eigenvalue weighted by Crippen LogP contribution is -2.16. The van der Waals surface area contributed by atoms with Crippen molar-refractivity contribution < 1.29 is 8.42 Å². The van der Waals surface area contributed by atoms with Gasteiger partial charge in [-0.3, -0.25) is 4.98 Å². The van der Waals surface area contributed by atoms with E-state index < -0.39 is 9.84 Å². The van der Waals surface area contributed by atoms with Gasteiger partial charge in [0.15, 0.2) is 9.84 Å². The number of sulfone groups is 1. The van der Waals surface area contributed by atoms with E-state index in [2.05, 4.69) is 21.4 Å². The number of hydrogen-bond acceptors (Lipinski definition) is 6. The molecule has 0 saturated carbocycles. The second-order valence-electron chi connectivity index (χ2n) is 6.53. The summed E-state index contributed by atoms with van der Waals surface area (Å²) in [4.78, 5) is 8.81. The number of nitrogens with zero attached hydrogens (tertiary/aromatic N) is 3. The molecule has 0 spiro atoms. The van der Waals surface area contributed by atoms with Gasteiger partial charge in [0, 0.05) is 23.6 Å². The van der Waals surface area contributed by atoms with Gasteiger partial charge in [0.05, 0.1) is 22.7 Å². The Morgan fingerprint density at radius 2 is 1.96 bits per heavy atom. The maximum absolute atomic E-state index is 11.8. The molecule has 0 aliphatic rings. The molecule has 2 aromatic rings. The molecule has 0 saturated heterocycles. The molecule has 0 unspecified atom stereocenters. The number of nitrogens with one attached hydrogen (secondary N) is 1. The molecule has 6 nitrogen and oxygen atoms in total. The average Bonchev–Trinajstić information content (AvgIpc) is 2.51. The van der Waals surface area contributed by atoms with Crippen LogP contribution in [0.2, 0.25) is 0 Å². The van der Waals surface area contributed by atoms with Crippen LogP contribution in [0.3, 0.4) is 0 Å². The first-order chi connectivity index (χ1) is 11.1. The van der Waals surface area contributed by atoms with Crippen molar-refractivity contribution in [2.45, 2.75) is 37.6 Å². The highest BCUT2D eigenvalue weighted by atomic mass is 32.2. The predicted octanol–water partition coefficient (Wildman–Crippen LogP) is 2.66. The maximum Gasteiger partial charge on any atom is 0.177 e. The predicted molar refractivity (Wildman–Crippen MR) is 92.3 cm³/mol. The van der Waals surface area contributed by atoms with Gasteiger partial charge in [-0.25, -0.2) is 13.4 Å². The van der Waals surface area contributed by atoms with E-state index >= 15 is 0 Å². The largest absolute Gasteiger partial charge is 0.363 e. The number of nitriles is 1. The Balaban J connectivity index is 2.35. The zero-order chi connectivity index (χ0) is 18.0. The summed E-state index contributed by atoms with van der Waals surface area (Å²) in [5.41, 5.74) is 1.48. The maximum atomic E-state index is 11.8. The summed E-state index contributed by atoms with van der Waals surface area (Å²) in [7, 11) is -3.37. The molecule has 1 N–H and O–H groups in total. The van der Waals surface area contributed by atoms with Crippen LogP contribution in [-0.2, 0) is 21.8 Å². The van der Waals surface area contributed by atoms with Gasteiger partial charge in [0.1, 0.15) is 11.9 Å². The Hall–Kier alpha value is -2.46. The van der Waals surface area contributed by atoms with E-state index in [-0.39, 0.29) is 16.9 Å². The molecule has 0 aliphatic heterocycles. The molecular weight excluding hydrogens is 324 g/mol. The van der Waals surface area contributed by atoms with E-state index in [1.807, 2.05) is 26.8 Å². The summed E-state index contributed by atoms with van der Waals surface area (Å²) >= 11 is 0. The second-order valence-corrected chi connectivity index (χ2v) is 8.51. The van der Waals surface area contributed by atoms with Crippen molar-refractivity contribution in [1.29, 1.82) is 5.26 Å². The SMILES string of the molecule is CC(C)(C)c1ccc(C#N)c(NCc2ncccc2S(C)(=O)=O)n1. The standard InChI is InChI=1S/C17H20N4O2S/c1-17(2,3)15-8-7-12(10-18)16(21-15)20-11-13-14(24(4,22)23)6-5-9-19-13/h5-9H,11H2,1-4H3,(H,20,21). The molecule has 0 bridgehead atoms. The zero-order valence-corrected chi connectivity index (χ0v) is 15.0. The molecule has 0 atom stereocenters. The molecule has 7 heteroatoms. The Kier molecular flexibility index (Phi) is 4.90. The summed E-state index contributed by atoms with van der Waals surface area (Å²) in [6.07, 6.45) is 2.68. The van der Waals surface area contributed by atoms with Crippen molar-refractivity contribution in [2.24, 2.45) is 0 Å². The third-order valence-corrected chi connectivity index (χ3v) is 4.63. The molecule has 0 aliphatic carbocycles. The highest BCUT2D eigenvalue weighted by Gasteiger charge is 2.18. The first kappa shape index (κ1) is 17.9. The summed E-state index contributed by atoms with van der Waals surface area (Å²) in [5, 5.41) is 12.3. The van der Waals surface area contributed by atoms with Crippen LogP contribution in [0, 0.1) is 11.3 Å². The Morgan fingerprint density at radius 1 is 1.25 bits per heavy atom. The van der Waals surface area contributed by atoms with E-state index in [1.54, 1.807) is 12.1 Å². The van der Waals surface area contributed by atoms with E-state index in [1.165, 1.54) is 12.3 Å². The average molecular weight is 344 g/mol. The van der Waals surface area contributed by atoms with E-state index in [0.717, 1.165) is 11.9 Å². The minimum Gasteiger partial charge on any atom is -0.363 e. The number of rotatable bonds is 4. The van der Waals surface area contributed by atoms with Gasteiger partial charge in [0.25, 0.3) is 0 Å². The van der Waals surface area contributed by atoms with Crippen molar-refractivity contribution in [3.05, 3.63) is 47.4 Å². The minimum absolute atomic E-state index is 0.159. The molecule has 2 heterocycles. The van der Waals surface area contributed by atoms with Crippen LogP contribution >= 0.6 is 0 Å². The minimum atomic E-state index is -3.37. The van der Waals surface area contributed by atoms with Crippen molar-refractivity contribution in [2.75, 3.05) is 11.6 Å². The molecular formula is C17H20N4O2S. The molecule has 0 fully saturated rings. The molecule has 2 aromatic heterocycles. The van der Waals surface area contributed by atoms with Gasteiger partial charge >= 0.3 is 0 Å². The molecule has 0 amide bonds. The zero-order valence-electron chi connectivity index (χ0n) is 14.2. The Labute approximate surface area is 142 Å². The topological polar surface area (TPSA) is 95.7 Å². The molecule has 0 radical (unpaired) electrons. The Bertz CT molecular complexity index is 894. The van der Waals surface area contributed by atoms with Crippen LogP contribution in [0.4, 0.5) is 5.82 Å². The van der Waals surface area contributed by atoms with Crippen LogP contribution in [0.15, 0.2) is 35.4 Å². The fourth-order valence-electron chi connectivity index (χ4n) is 2.16.